The lowest BCUT2D eigenvalue weighted by Crippen LogP contribution is -2.45. The molecule has 15 heavy (non-hydrogen) atoms. The Balaban J connectivity index is 2.18. The quantitative estimate of drug-likeness (QED) is 0.744. The van der Waals surface area contributed by atoms with Crippen LogP contribution in [0.4, 0.5) is 0 Å². The molecular weight excluding hydrogens is 188 g/mol. The van der Waals surface area contributed by atoms with Crippen LogP contribution in [0, 0.1) is 0 Å². The number of piperidine rings is 1. The lowest BCUT2D eigenvalue weighted by atomic mass is 9.94. The van der Waals surface area contributed by atoms with Gasteiger partial charge in [0, 0.05) is 26.2 Å². The second-order valence-corrected chi connectivity index (χ2v) is 4.87. The van der Waals surface area contributed by atoms with Crippen molar-refractivity contribution in [2.45, 2.75) is 39.2 Å². The van der Waals surface area contributed by atoms with Crippen molar-refractivity contribution in [2.75, 3.05) is 39.3 Å². The molecule has 0 spiro atoms. The third-order valence-electron chi connectivity index (χ3n) is 3.56. The minimum atomic E-state index is -0.411. The first-order valence-electron chi connectivity index (χ1n) is 6.24. The maximum absolute atomic E-state index is 9.82. The molecule has 1 fully saturated rings. The summed E-state index contributed by atoms with van der Waals surface area (Å²) in [6.07, 6.45) is 1.84. The van der Waals surface area contributed by atoms with Crippen molar-refractivity contribution >= 4 is 0 Å². The minimum absolute atomic E-state index is 0.411. The molecule has 0 saturated carbocycles. The molecule has 0 amide bonds. The van der Waals surface area contributed by atoms with E-state index in [9.17, 15) is 5.11 Å². The molecule has 90 valence electrons. The van der Waals surface area contributed by atoms with Gasteiger partial charge in [-0.2, -0.15) is 0 Å². The topological polar surface area (TPSA) is 26.7 Å². The molecule has 1 N–H and O–H groups in total. The highest BCUT2D eigenvalue weighted by Crippen LogP contribution is 2.20. The predicted molar refractivity (Wildman–Crippen MR) is 64.1 cm³/mol. The van der Waals surface area contributed by atoms with Crippen LogP contribution in [-0.2, 0) is 0 Å². The normalized spacial score (nSPS) is 22.2. The Morgan fingerprint density at radius 3 is 2.20 bits per heavy atom. The lowest BCUT2D eigenvalue weighted by molar-refractivity contribution is -0.00686. The van der Waals surface area contributed by atoms with E-state index in [1.807, 2.05) is 6.92 Å². The molecule has 3 heteroatoms. The fourth-order valence-corrected chi connectivity index (χ4v) is 2.08. The van der Waals surface area contributed by atoms with Gasteiger partial charge < -0.3 is 14.9 Å². The lowest BCUT2D eigenvalue weighted by Gasteiger charge is -2.36. The number of nitrogens with zero attached hydrogens (tertiary/aromatic N) is 2. The molecule has 1 aliphatic heterocycles. The van der Waals surface area contributed by atoms with Crippen LogP contribution in [0.3, 0.4) is 0 Å². The van der Waals surface area contributed by atoms with E-state index < -0.39 is 5.60 Å². The van der Waals surface area contributed by atoms with Gasteiger partial charge in [-0.05, 0) is 32.9 Å². The summed E-state index contributed by atoms with van der Waals surface area (Å²) in [7, 11) is 0. The average Bonchev–Trinajstić information content (AvgIpc) is 2.21. The fraction of sp³-hybridized carbons (Fsp3) is 1.00. The van der Waals surface area contributed by atoms with Crippen LogP contribution in [0.5, 0.6) is 0 Å². The highest BCUT2D eigenvalue weighted by molar-refractivity contribution is 4.81. The molecule has 0 aliphatic carbocycles. The summed E-state index contributed by atoms with van der Waals surface area (Å²) in [6, 6.07) is 0. The second-order valence-electron chi connectivity index (χ2n) is 4.87. The smallest absolute Gasteiger partial charge is 0.0644 e. The summed E-state index contributed by atoms with van der Waals surface area (Å²) >= 11 is 0. The maximum Gasteiger partial charge on any atom is 0.0644 e. The zero-order chi connectivity index (χ0) is 11.3. The summed E-state index contributed by atoms with van der Waals surface area (Å²) < 4.78 is 0. The summed E-state index contributed by atoms with van der Waals surface area (Å²) in [6.45, 7) is 13.1. The van der Waals surface area contributed by atoms with Gasteiger partial charge in [-0.3, -0.25) is 0 Å². The van der Waals surface area contributed by atoms with Crippen molar-refractivity contribution in [3.63, 3.8) is 0 Å². The standard InChI is InChI=1S/C12H26N2O/c1-4-13(5-2)10-11-14-8-6-12(3,15)7-9-14/h15H,4-11H2,1-3H3. The maximum atomic E-state index is 9.82. The number of likely N-dealkylation sites (tertiary alicyclic amines) is 1. The SMILES string of the molecule is CCN(CC)CCN1CCC(C)(O)CC1. The van der Waals surface area contributed by atoms with Gasteiger partial charge >= 0.3 is 0 Å². The Hall–Kier alpha value is -0.120. The molecule has 1 heterocycles. The Morgan fingerprint density at radius 2 is 1.73 bits per heavy atom. The number of hydrogen-bond donors (Lipinski definition) is 1. The van der Waals surface area contributed by atoms with E-state index in [2.05, 4.69) is 23.6 Å². The molecule has 0 bridgehead atoms. The first-order chi connectivity index (χ1) is 7.07. The van der Waals surface area contributed by atoms with Crippen molar-refractivity contribution in [1.29, 1.82) is 0 Å². The number of aliphatic hydroxyl groups is 1. The Morgan fingerprint density at radius 1 is 1.20 bits per heavy atom. The Kier molecular flexibility index (Phi) is 5.03. The minimum Gasteiger partial charge on any atom is -0.390 e. The van der Waals surface area contributed by atoms with Crippen molar-refractivity contribution in [2.24, 2.45) is 0 Å². The van der Waals surface area contributed by atoms with Crippen LogP contribution in [-0.4, -0.2) is 59.8 Å². The molecule has 1 saturated heterocycles. The zero-order valence-electron chi connectivity index (χ0n) is 10.5. The second kappa shape index (κ2) is 5.83. The third-order valence-corrected chi connectivity index (χ3v) is 3.56. The predicted octanol–water partition coefficient (Wildman–Crippen LogP) is 1.18. The number of likely N-dealkylation sites (N-methyl/N-ethyl adjacent to an activating group) is 1. The van der Waals surface area contributed by atoms with Crippen LogP contribution >= 0.6 is 0 Å². The summed E-state index contributed by atoms with van der Waals surface area (Å²) in [4.78, 5) is 4.92. The number of hydrogen-bond acceptors (Lipinski definition) is 3. The first kappa shape index (κ1) is 12.9. The van der Waals surface area contributed by atoms with Crippen molar-refractivity contribution in [3.05, 3.63) is 0 Å². The molecule has 1 rings (SSSR count). The average molecular weight is 214 g/mol. The van der Waals surface area contributed by atoms with E-state index in [0.717, 1.165) is 52.1 Å². The molecule has 1 aliphatic rings. The summed E-state index contributed by atoms with van der Waals surface area (Å²) in [5.74, 6) is 0. The zero-order valence-corrected chi connectivity index (χ0v) is 10.5. The van der Waals surface area contributed by atoms with Crippen LogP contribution in [0.1, 0.15) is 33.6 Å². The van der Waals surface area contributed by atoms with E-state index in [-0.39, 0.29) is 0 Å². The molecule has 0 atom stereocenters. The molecular formula is C12H26N2O. The highest BCUT2D eigenvalue weighted by Gasteiger charge is 2.26. The van der Waals surface area contributed by atoms with Crippen molar-refractivity contribution < 1.29 is 5.11 Å². The van der Waals surface area contributed by atoms with Gasteiger partial charge in [0.05, 0.1) is 5.60 Å². The van der Waals surface area contributed by atoms with Gasteiger partial charge in [0.15, 0.2) is 0 Å². The van der Waals surface area contributed by atoms with Crippen LogP contribution < -0.4 is 0 Å². The molecule has 0 aromatic heterocycles. The van der Waals surface area contributed by atoms with E-state index >= 15 is 0 Å². The van der Waals surface area contributed by atoms with Gasteiger partial charge in [0.1, 0.15) is 0 Å². The Bertz CT molecular complexity index is 168. The first-order valence-corrected chi connectivity index (χ1v) is 6.24. The van der Waals surface area contributed by atoms with Gasteiger partial charge in [-0.25, -0.2) is 0 Å². The summed E-state index contributed by atoms with van der Waals surface area (Å²) in [5.41, 5.74) is -0.411. The van der Waals surface area contributed by atoms with E-state index in [4.69, 9.17) is 0 Å². The molecule has 0 aromatic carbocycles. The van der Waals surface area contributed by atoms with Crippen molar-refractivity contribution in [3.8, 4) is 0 Å². The van der Waals surface area contributed by atoms with E-state index in [0.29, 0.717) is 0 Å². The van der Waals surface area contributed by atoms with E-state index in [1.165, 1.54) is 0 Å². The van der Waals surface area contributed by atoms with Crippen LogP contribution in [0.2, 0.25) is 0 Å². The van der Waals surface area contributed by atoms with Gasteiger partial charge in [0.2, 0.25) is 0 Å². The highest BCUT2D eigenvalue weighted by atomic mass is 16.3. The van der Waals surface area contributed by atoms with Gasteiger partial charge in [-0.1, -0.05) is 13.8 Å². The molecule has 0 radical (unpaired) electrons. The van der Waals surface area contributed by atoms with Crippen LogP contribution in [0.15, 0.2) is 0 Å². The molecule has 0 aromatic rings. The fourth-order valence-electron chi connectivity index (χ4n) is 2.08. The largest absolute Gasteiger partial charge is 0.390 e. The monoisotopic (exact) mass is 214 g/mol. The molecule has 0 unspecified atom stereocenters. The van der Waals surface area contributed by atoms with Crippen molar-refractivity contribution in [1.82, 2.24) is 9.80 Å². The Labute approximate surface area is 94.1 Å². The third kappa shape index (κ3) is 4.49. The number of rotatable bonds is 5. The summed E-state index contributed by atoms with van der Waals surface area (Å²) in [5, 5.41) is 9.82. The van der Waals surface area contributed by atoms with Crippen LogP contribution in [0.25, 0.3) is 0 Å². The van der Waals surface area contributed by atoms with E-state index in [1.54, 1.807) is 0 Å². The van der Waals surface area contributed by atoms with Gasteiger partial charge in [0.25, 0.3) is 0 Å². The van der Waals surface area contributed by atoms with Gasteiger partial charge in [-0.15, -0.1) is 0 Å². The molecule has 3 nitrogen and oxygen atoms in total.